The van der Waals surface area contributed by atoms with Gasteiger partial charge in [0, 0.05) is 0 Å². The van der Waals surface area contributed by atoms with Crippen LogP contribution in [0, 0.1) is 0 Å². The van der Waals surface area contributed by atoms with Gasteiger partial charge in [-0.2, -0.15) is 0 Å². The summed E-state index contributed by atoms with van der Waals surface area (Å²) >= 11 is 3.18. The van der Waals surface area contributed by atoms with Crippen molar-refractivity contribution >= 4 is 45.2 Å². The summed E-state index contributed by atoms with van der Waals surface area (Å²) in [6, 6.07) is 19.5. The number of hydrogen-bond acceptors (Lipinski definition) is 6. The number of hydrogen-bond donors (Lipinski definition) is 0. The largest absolute Gasteiger partial charge is 0.497 e. The Morgan fingerprint density at radius 3 is 2.72 bits per heavy atom. The molecule has 2 aromatic heterocycles. The van der Waals surface area contributed by atoms with E-state index in [1.165, 1.54) is 16.5 Å². The van der Waals surface area contributed by atoms with E-state index in [1.54, 1.807) is 24.7 Å². The van der Waals surface area contributed by atoms with Gasteiger partial charge in [-0.15, -0.1) is 11.3 Å². The molecule has 4 aromatic rings. The van der Waals surface area contributed by atoms with Gasteiger partial charge >= 0.3 is 0 Å². The molecule has 0 unspecified atom stereocenters. The minimum absolute atomic E-state index is 0.708. The SMILES string of the molecule is COc1ccc(N=Cc2ccc(Sc3nc4ccccc4s3)o2)cc1. The molecule has 0 saturated heterocycles. The number of methoxy groups -OCH3 is 1. The molecule has 25 heavy (non-hydrogen) atoms. The van der Waals surface area contributed by atoms with Crippen molar-refractivity contribution in [3.05, 3.63) is 66.4 Å². The highest BCUT2D eigenvalue weighted by Crippen LogP contribution is 2.34. The third kappa shape index (κ3) is 3.75. The third-order valence-corrected chi connectivity index (χ3v) is 5.50. The molecule has 6 heteroatoms. The van der Waals surface area contributed by atoms with Crippen molar-refractivity contribution in [2.75, 3.05) is 7.11 Å². The molecule has 0 amide bonds. The number of aliphatic imine (C=N–C) groups is 1. The van der Waals surface area contributed by atoms with Crippen LogP contribution in [-0.4, -0.2) is 18.3 Å². The van der Waals surface area contributed by atoms with E-state index in [9.17, 15) is 0 Å². The summed E-state index contributed by atoms with van der Waals surface area (Å²) < 4.78 is 13.1. The lowest BCUT2D eigenvalue weighted by Crippen LogP contribution is -1.80. The molecule has 0 aliphatic rings. The van der Waals surface area contributed by atoms with Crippen molar-refractivity contribution in [2.45, 2.75) is 9.43 Å². The van der Waals surface area contributed by atoms with E-state index in [4.69, 9.17) is 9.15 Å². The average Bonchev–Trinajstić information content (AvgIpc) is 3.26. The van der Waals surface area contributed by atoms with Gasteiger partial charge in [0.15, 0.2) is 9.43 Å². The van der Waals surface area contributed by atoms with Crippen molar-refractivity contribution in [3.8, 4) is 5.75 Å². The molecule has 2 heterocycles. The monoisotopic (exact) mass is 366 g/mol. The zero-order valence-electron chi connectivity index (χ0n) is 13.4. The molecule has 0 bridgehead atoms. The number of fused-ring (bicyclic) bond motifs is 1. The molecule has 2 aromatic carbocycles. The third-order valence-electron chi connectivity index (χ3n) is 3.48. The van der Waals surface area contributed by atoms with Gasteiger partial charge in [-0.3, -0.25) is 4.99 Å². The maximum absolute atomic E-state index is 5.81. The zero-order chi connectivity index (χ0) is 17.1. The lowest BCUT2D eigenvalue weighted by atomic mass is 10.3. The van der Waals surface area contributed by atoms with Crippen molar-refractivity contribution in [2.24, 2.45) is 4.99 Å². The standard InChI is InChI=1S/C19H14N2O2S2/c1-22-14-8-6-13(7-9-14)20-12-15-10-11-18(23-15)25-19-21-16-4-2-3-5-17(16)24-19/h2-12H,1H3. The maximum Gasteiger partial charge on any atom is 0.168 e. The molecule has 0 radical (unpaired) electrons. The van der Waals surface area contributed by atoms with Crippen LogP contribution < -0.4 is 4.74 Å². The smallest absolute Gasteiger partial charge is 0.168 e. The number of para-hydroxylation sites is 1. The Labute approximate surface area is 153 Å². The molecule has 0 fully saturated rings. The van der Waals surface area contributed by atoms with Crippen LogP contribution in [0.2, 0.25) is 0 Å². The van der Waals surface area contributed by atoms with Gasteiger partial charge in [0.1, 0.15) is 11.5 Å². The van der Waals surface area contributed by atoms with Gasteiger partial charge in [0.25, 0.3) is 0 Å². The first-order valence-corrected chi connectivity index (χ1v) is 9.25. The zero-order valence-corrected chi connectivity index (χ0v) is 15.0. The molecule has 4 rings (SSSR count). The number of ether oxygens (including phenoxy) is 1. The predicted octanol–water partition coefficient (Wildman–Crippen LogP) is 5.80. The van der Waals surface area contributed by atoms with Crippen LogP contribution in [0.1, 0.15) is 5.76 Å². The number of nitrogens with zero attached hydrogens (tertiary/aromatic N) is 2. The molecule has 0 aliphatic carbocycles. The Kier molecular flexibility index (Phi) is 4.54. The lowest BCUT2D eigenvalue weighted by molar-refractivity contribution is 0.415. The van der Waals surface area contributed by atoms with Crippen LogP contribution in [0.4, 0.5) is 5.69 Å². The van der Waals surface area contributed by atoms with Crippen LogP contribution in [-0.2, 0) is 0 Å². The fourth-order valence-electron chi connectivity index (χ4n) is 2.25. The van der Waals surface area contributed by atoms with Gasteiger partial charge < -0.3 is 9.15 Å². The van der Waals surface area contributed by atoms with E-state index in [0.29, 0.717) is 5.76 Å². The summed E-state index contributed by atoms with van der Waals surface area (Å²) in [7, 11) is 1.64. The molecule has 124 valence electrons. The van der Waals surface area contributed by atoms with Crippen LogP contribution in [0.3, 0.4) is 0 Å². The van der Waals surface area contributed by atoms with Crippen molar-refractivity contribution in [1.82, 2.24) is 4.98 Å². The van der Waals surface area contributed by atoms with E-state index in [1.807, 2.05) is 54.6 Å². The fourth-order valence-corrected chi connectivity index (χ4v) is 4.22. The summed E-state index contributed by atoms with van der Waals surface area (Å²) in [6.07, 6.45) is 1.71. The topological polar surface area (TPSA) is 47.6 Å². The van der Waals surface area contributed by atoms with Crippen molar-refractivity contribution < 1.29 is 9.15 Å². The summed E-state index contributed by atoms with van der Waals surface area (Å²) in [5.74, 6) is 1.52. The van der Waals surface area contributed by atoms with Gasteiger partial charge in [0.05, 0.1) is 29.2 Å². The summed E-state index contributed by atoms with van der Waals surface area (Å²) in [5, 5.41) is 0.801. The highest BCUT2D eigenvalue weighted by Gasteiger charge is 2.08. The number of thiazole rings is 1. The fraction of sp³-hybridized carbons (Fsp3) is 0.0526. The first-order chi connectivity index (χ1) is 12.3. The van der Waals surface area contributed by atoms with E-state index in [0.717, 1.165) is 26.4 Å². The molecular weight excluding hydrogens is 352 g/mol. The Balaban J connectivity index is 1.46. The highest BCUT2D eigenvalue weighted by molar-refractivity contribution is 8.01. The second kappa shape index (κ2) is 7.13. The van der Waals surface area contributed by atoms with Crippen LogP contribution in [0.5, 0.6) is 5.75 Å². The number of furan rings is 1. The van der Waals surface area contributed by atoms with E-state index < -0.39 is 0 Å². The number of rotatable bonds is 5. The molecule has 0 spiro atoms. The normalized spacial score (nSPS) is 11.4. The number of benzene rings is 2. The summed E-state index contributed by atoms with van der Waals surface area (Å²) in [4.78, 5) is 9.01. The van der Waals surface area contributed by atoms with E-state index in [-0.39, 0.29) is 0 Å². The van der Waals surface area contributed by atoms with Gasteiger partial charge in [-0.1, -0.05) is 12.1 Å². The first-order valence-electron chi connectivity index (χ1n) is 7.61. The Morgan fingerprint density at radius 1 is 1.08 bits per heavy atom. The second-order valence-corrected chi connectivity index (χ2v) is 7.44. The minimum atomic E-state index is 0.708. The minimum Gasteiger partial charge on any atom is -0.497 e. The molecule has 0 saturated carbocycles. The Hall–Kier alpha value is -2.57. The van der Waals surface area contributed by atoms with E-state index in [2.05, 4.69) is 16.0 Å². The van der Waals surface area contributed by atoms with Crippen molar-refractivity contribution in [3.63, 3.8) is 0 Å². The van der Waals surface area contributed by atoms with Crippen LogP contribution in [0.25, 0.3) is 10.2 Å². The Morgan fingerprint density at radius 2 is 1.92 bits per heavy atom. The van der Waals surface area contributed by atoms with Crippen LogP contribution >= 0.6 is 23.1 Å². The van der Waals surface area contributed by atoms with Crippen LogP contribution in [0.15, 0.2) is 79.5 Å². The molecular formula is C19H14N2O2S2. The van der Waals surface area contributed by atoms with Gasteiger partial charge in [-0.25, -0.2) is 4.98 Å². The number of aromatic nitrogens is 1. The van der Waals surface area contributed by atoms with Gasteiger partial charge in [0.2, 0.25) is 0 Å². The van der Waals surface area contributed by atoms with Crippen molar-refractivity contribution in [1.29, 1.82) is 0 Å². The maximum atomic E-state index is 5.81. The molecule has 0 aliphatic heterocycles. The molecule has 0 atom stereocenters. The van der Waals surface area contributed by atoms with Gasteiger partial charge in [-0.05, 0) is 60.3 Å². The second-order valence-electron chi connectivity index (χ2n) is 5.16. The van der Waals surface area contributed by atoms with E-state index >= 15 is 0 Å². The first kappa shape index (κ1) is 15.9. The quantitative estimate of drug-likeness (QED) is 0.419. The summed E-state index contributed by atoms with van der Waals surface area (Å²) in [6.45, 7) is 0. The lowest BCUT2D eigenvalue weighted by Gasteiger charge is -1.98. The predicted molar refractivity (Wildman–Crippen MR) is 103 cm³/mol. The molecule has 4 nitrogen and oxygen atoms in total. The highest BCUT2D eigenvalue weighted by atomic mass is 32.2. The Bertz CT molecular complexity index is 986. The molecule has 0 N–H and O–H groups in total. The average molecular weight is 366 g/mol. The summed E-state index contributed by atoms with van der Waals surface area (Å²) in [5.41, 5.74) is 1.86.